The number of rotatable bonds is 1. The zero-order valence-corrected chi connectivity index (χ0v) is 6.77. The number of phenols is 1. The number of aromatic carboxylic acids is 1. The summed E-state index contributed by atoms with van der Waals surface area (Å²) in [5.74, 6) is -5.50. The first kappa shape index (κ1) is 9.73. The largest absolute Gasteiger partial charge is 0.504 e. The van der Waals surface area contributed by atoms with Gasteiger partial charge in [0, 0.05) is 0 Å². The molecule has 2 N–H and O–H groups in total. The van der Waals surface area contributed by atoms with E-state index in [2.05, 4.69) is 0 Å². The Balaban J connectivity index is 3.50. The van der Waals surface area contributed by atoms with E-state index in [1.807, 2.05) is 0 Å². The molecule has 0 amide bonds. The van der Waals surface area contributed by atoms with Gasteiger partial charge in [-0.25, -0.2) is 13.6 Å². The van der Waals surface area contributed by atoms with Crippen molar-refractivity contribution in [2.45, 2.75) is 0 Å². The van der Waals surface area contributed by atoms with Crippen LogP contribution in [0.1, 0.15) is 10.4 Å². The predicted octanol–water partition coefficient (Wildman–Crippen LogP) is 2.02. The molecule has 70 valence electrons. The molecule has 1 aromatic rings. The summed E-state index contributed by atoms with van der Waals surface area (Å²) >= 11 is 5.06. The van der Waals surface area contributed by atoms with Gasteiger partial charge in [-0.15, -0.1) is 0 Å². The number of benzene rings is 1. The van der Waals surface area contributed by atoms with Crippen LogP contribution in [-0.4, -0.2) is 16.2 Å². The van der Waals surface area contributed by atoms with Crippen molar-refractivity contribution in [3.63, 3.8) is 0 Å². The fourth-order valence-corrected chi connectivity index (χ4v) is 0.893. The van der Waals surface area contributed by atoms with E-state index in [1.165, 1.54) is 0 Å². The van der Waals surface area contributed by atoms with Crippen LogP contribution in [0, 0.1) is 11.6 Å². The van der Waals surface area contributed by atoms with Gasteiger partial charge in [-0.2, -0.15) is 0 Å². The van der Waals surface area contributed by atoms with E-state index in [0.717, 1.165) is 0 Å². The number of carboxylic acid groups (broad SMARTS) is 1. The predicted molar refractivity (Wildman–Crippen MR) is 40.0 cm³/mol. The molecule has 1 rings (SSSR count). The lowest BCUT2D eigenvalue weighted by Crippen LogP contribution is -2.00. The lowest BCUT2D eigenvalue weighted by Gasteiger charge is -2.02. The van der Waals surface area contributed by atoms with Gasteiger partial charge >= 0.3 is 5.97 Å². The topological polar surface area (TPSA) is 57.5 Å². The molecule has 0 aliphatic rings. The van der Waals surface area contributed by atoms with Gasteiger partial charge in [0.1, 0.15) is 16.4 Å². The van der Waals surface area contributed by atoms with Crippen molar-refractivity contribution < 1.29 is 23.8 Å². The van der Waals surface area contributed by atoms with Gasteiger partial charge in [-0.3, -0.25) is 0 Å². The molecule has 0 radical (unpaired) electrons. The van der Waals surface area contributed by atoms with Crippen molar-refractivity contribution in [3.8, 4) is 5.75 Å². The molecule has 1 aromatic carbocycles. The fraction of sp³-hybridized carbons (Fsp3) is 0. The molecule has 3 nitrogen and oxygen atoms in total. The Bertz CT molecular complexity index is 378. The molecule has 0 aliphatic heterocycles. The fourth-order valence-electron chi connectivity index (χ4n) is 0.748. The highest BCUT2D eigenvalue weighted by atomic mass is 35.5. The molecule has 0 unspecified atom stereocenters. The highest BCUT2D eigenvalue weighted by Crippen LogP contribution is 2.30. The number of hydrogen-bond donors (Lipinski definition) is 2. The number of hydrogen-bond acceptors (Lipinski definition) is 2. The van der Waals surface area contributed by atoms with Gasteiger partial charge in [-0.1, -0.05) is 11.6 Å². The van der Waals surface area contributed by atoms with Crippen LogP contribution in [0.5, 0.6) is 5.75 Å². The molecular weight excluding hydrogens is 206 g/mol. The number of aromatic hydroxyl groups is 1. The monoisotopic (exact) mass is 208 g/mol. The van der Waals surface area contributed by atoms with Crippen LogP contribution in [0.15, 0.2) is 6.07 Å². The zero-order valence-electron chi connectivity index (χ0n) is 6.01. The van der Waals surface area contributed by atoms with E-state index in [4.69, 9.17) is 21.8 Å². The van der Waals surface area contributed by atoms with Gasteiger partial charge in [0.25, 0.3) is 0 Å². The Kier molecular flexibility index (Phi) is 2.38. The molecule has 0 bridgehead atoms. The molecule has 0 aromatic heterocycles. The summed E-state index contributed by atoms with van der Waals surface area (Å²) in [6.07, 6.45) is 0. The summed E-state index contributed by atoms with van der Waals surface area (Å²) in [5.41, 5.74) is -0.862. The maximum atomic E-state index is 12.7. The summed E-state index contributed by atoms with van der Waals surface area (Å²) in [6, 6.07) is 0.447. The third-order valence-electron chi connectivity index (χ3n) is 1.37. The van der Waals surface area contributed by atoms with Crippen LogP contribution in [-0.2, 0) is 0 Å². The van der Waals surface area contributed by atoms with Crippen LogP contribution in [0.4, 0.5) is 8.78 Å². The number of halogens is 3. The van der Waals surface area contributed by atoms with E-state index in [9.17, 15) is 13.6 Å². The van der Waals surface area contributed by atoms with Crippen molar-refractivity contribution in [2.75, 3.05) is 0 Å². The van der Waals surface area contributed by atoms with Crippen LogP contribution < -0.4 is 0 Å². The maximum Gasteiger partial charge on any atom is 0.339 e. The van der Waals surface area contributed by atoms with Gasteiger partial charge in [-0.05, 0) is 6.07 Å². The van der Waals surface area contributed by atoms with Gasteiger partial charge in [0.05, 0.1) is 0 Å². The van der Waals surface area contributed by atoms with Crippen LogP contribution in [0.2, 0.25) is 5.02 Å². The second kappa shape index (κ2) is 3.18. The Morgan fingerprint density at radius 1 is 1.46 bits per heavy atom. The molecule has 0 saturated carbocycles. The molecule has 13 heavy (non-hydrogen) atoms. The Labute approximate surface area is 76.2 Å². The quantitative estimate of drug-likeness (QED) is 0.695. The molecule has 0 fully saturated rings. The lowest BCUT2D eigenvalue weighted by atomic mass is 10.2. The molecule has 0 heterocycles. The third kappa shape index (κ3) is 1.55. The van der Waals surface area contributed by atoms with Gasteiger partial charge in [0.15, 0.2) is 11.6 Å². The summed E-state index contributed by atoms with van der Waals surface area (Å²) in [5, 5.41) is 16.3. The van der Waals surface area contributed by atoms with Crippen LogP contribution in [0.3, 0.4) is 0 Å². The summed E-state index contributed by atoms with van der Waals surface area (Å²) in [4.78, 5) is 10.3. The third-order valence-corrected chi connectivity index (χ3v) is 1.71. The molecule has 0 atom stereocenters. The van der Waals surface area contributed by atoms with E-state index in [1.54, 1.807) is 0 Å². The average Bonchev–Trinajstić information content (AvgIpc) is 2.07. The minimum absolute atomic E-state index is 0.447. The minimum atomic E-state index is -1.63. The first-order valence-corrected chi connectivity index (χ1v) is 3.42. The van der Waals surface area contributed by atoms with Crippen LogP contribution in [0.25, 0.3) is 0 Å². The maximum absolute atomic E-state index is 12.7. The normalized spacial score (nSPS) is 10.1. The molecule has 0 aliphatic carbocycles. The summed E-state index contributed by atoms with van der Waals surface area (Å²) in [7, 11) is 0. The van der Waals surface area contributed by atoms with Crippen molar-refractivity contribution in [1.29, 1.82) is 0 Å². The lowest BCUT2D eigenvalue weighted by molar-refractivity contribution is 0.0692. The Hall–Kier alpha value is -1.36. The molecule has 0 saturated heterocycles. The number of carboxylic acids is 1. The Morgan fingerprint density at radius 2 is 2.00 bits per heavy atom. The first-order chi connectivity index (χ1) is 5.95. The van der Waals surface area contributed by atoms with E-state index in [-0.39, 0.29) is 0 Å². The van der Waals surface area contributed by atoms with E-state index >= 15 is 0 Å². The smallest absolute Gasteiger partial charge is 0.339 e. The SMILES string of the molecule is O=C(O)c1cc(F)c(Cl)c(F)c1O. The van der Waals surface area contributed by atoms with Crippen molar-refractivity contribution in [2.24, 2.45) is 0 Å². The first-order valence-electron chi connectivity index (χ1n) is 3.05. The second-order valence-electron chi connectivity index (χ2n) is 2.19. The average molecular weight is 209 g/mol. The van der Waals surface area contributed by atoms with Crippen molar-refractivity contribution in [1.82, 2.24) is 0 Å². The van der Waals surface area contributed by atoms with Gasteiger partial charge < -0.3 is 10.2 Å². The highest BCUT2D eigenvalue weighted by Gasteiger charge is 2.20. The number of carbonyl (C=O) groups is 1. The highest BCUT2D eigenvalue weighted by molar-refractivity contribution is 6.31. The summed E-state index contributed by atoms with van der Waals surface area (Å²) in [6.45, 7) is 0. The molecule has 6 heteroatoms. The van der Waals surface area contributed by atoms with Gasteiger partial charge in [0.2, 0.25) is 0 Å². The zero-order chi connectivity index (χ0) is 10.2. The minimum Gasteiger partial charge on any atom is -0.504 e. The van der Waals surface area contributed by atoms with Crippen molar-refractivity contribution in [3.05, 3.63) is 28.3 Å². The van der Waals surface area contributed by atoms with Crippen LogP contribution >= 0.6 is 11.6 Å². The van der Waals surface area contributed by atoms with E-state index < -0.39 is 33.9 Å². The second-order valence-corrected chi connectivity index (χ2v) is 2.57. The summed E-state index contributed by atoms with van der Waals surface area (Å²) < 4.78 is 25.4. The standard InChI is InChI=1S/C7H3ClF2O3/c8-4-3(9)1-2(7(12)13)6(11)5(4)10/h1,11H,(H,12,13). The Morgan fingerprint density at radius 3 is 2.46 bits per heavy atom. The molecule has 0 spiro atoms. The molecular formula is C7H3ClF2O3. The van der Waals surface area contributed by atoms with Crippen molar-refractivity contribution >= 4 is 17.6 Å². The van der Waals surface area contributed by atoms with E-state index in [0.29, 0.717) is 6.07 Å².